The number of hydrogen-bond acceptors (Lipinski definition) is 2. The third-order valence-corrected chi connectivity index (χ3v) is 3.75. The summed E-state index contributed by atoms with van der Waals surface area (Å²) in [7, 11) is 0. The third-order valence-electron chi connectivity index (χ3n) is 3.75. The van der Waals surface area contributed by atoms with Crippen molar-refractivity contribution in [3.05, 3.63) is 65.7 Å². The molecule has 1 atom stereocenters. The van der Waals surface area contributed by atoms with Crippen LogP contribution in [0.5, 0.6) is 0 Å². The molecule has 0 saturated heterocycles. The van der Waals surface area contributed by atoms with Crippen molar-refractivity contribution in [2.75, 3.05) is 5.32 Å². The van der Waals surface area contributed by atoms with E-state index in [9.17, 15) is 9.59 Å². The van der Waals surface area contributed by atoms with Crippen molar-refractivity contribution < 1.29 is 9.59 Å². The smallest absolute Gasteiger partial charge is 0.253 e. The fourth-order valence-corrected chi connectivity index (χ4v) is 2.20. The zero-order valence-corrected chi connectivity index (χ0v) is 14.6. The molecule has 0 aliphatic heterocycles. The predicted octanol–water partition coefficient (Wildman–Crippen LogP) is 4.16. The van der Waals surface area contributed by atoms with E-state index in [0.29, 0.717) is 11.3 Å². The van der Waals surface area contributed by atoms with Gasteiger partial charge in [-0.15, -0.1) is 0 Å². The highest BCUT2D eigenvalue weighted by atomic mass is 16.2. The summed E-state index contributed by atoms with van der Waals surface area (Å²) in [6, 6.07) is 16.7. The van der Waals surface area contributed by atoms with Gasteiger partial charge in [0.2, 0.25) is 5.91 Å². The summed E-state index contributed by atoms with van der Waals surface area (Å²) in [4.78, 5) is 24.8. The van der Waals surface area contributed by atoms with Gasteiger partial charge < -0.3 is 10.6 Å². The lowest BCUT2D eigenvalue weighted by molar-refractivity contribution is -0.123. The van der Waals surface area contributed by atoms with Crippen LogP contribution in [-0.2, 0) is 4.79 Å². The van der Waals surface area contributed by atoms with Crippen LogP contribution in [0.25, 0.3) is 0 Å². The first-order chi connectivity index (χ1) is 11.3. The first-order valence-corrected chi connectivity index (χ1v) is 8.05. The van der Waals surface area contributed by atoms with E-state index in [0.717, 1.165) is 5.56 Å². The molecule has 0 spiro atoms. The minimum atomic E-state index is -0.527. The van der Waals surface area contributed by atoms with E-state index < -0.39 is 5.41 Å². The van der Waals surface area contributed by atoms with Crippen LogP contribution in [0.15, 0.2) is 54.6 Å². The fourth-order valence-electron chi connectivity index (χ4n) is 2.20. The second-order valence-corrected chi connectivity index (χ2v) is 6.86. The van der Waals surface area contributed by atoms with Crippen LogP contribution in [0, 0.1) is 5.41 Å². The summed E-state index contributed by atoms with van der Waals surface area (Å²) in [5, 5.41) is 5.82. The molecule has 0 bridgehead atoms. The molecule has 0 fully saturated rings. The zero-order valence-electron chi connectivity index (χ0n) is 14.6. The zero-order chi connectivity index (χ0) is 17.7. The van der Waals surface area contributed by atoms with Gasteiger partial charge in [0.15, 0.2) is 0 Å². The van der Waals surface area contributed by atoms with Crippen molar-refractivity contribution in [1.29, 1.82) is 0 Å². The van der Waals surface area contributed by atoms with Crippen molar-refractivity contribution in [1.82, 2.24) is 5.32 Å². The Hall–Kier alpha value is -2.62. The maximum Gasteiger partial charge on any atom is 0.253 e. The second kappa shape index (κ2) is 7.30. The molecule has 24 heavy (non-hydrogen) atoms. The van der Waals surface area contributed by atoms with Gasteiger partial charge in [-0.3, -0.25) is 9.59 Å². The largest absolute Gasteiger partial charge is 0.345 e. The summed E-state index contributed by atoms with van der Waals surface area (Å²) in [5.41, 5.74) is 1.48. The highest BCUT2D eigenvalue weighted by Gasteiger charge is 2.23. The fraction of sp³-hybridized carbons (Fsp3) is 0.300. The molecule has 0 radical (unpaired) electrons. The van der Waals surface area contributed by atoms with E-state index in [1.807, 2.05) is 58.0 Å². The number of carbonyl (C=O) groups excluding carboxylic acids is 2. The van der Waals surface area contributed by atoms with E-state index in [1.54, 1.807) is 24.3 Å². The third kappa shape index (κ3) is 4.44. The molecular weight excluding hydrogens is 300 g/mol. The second-order valence-electron chi connectivity index (χ2n) is 6.86. The SMILES string of the molecule is CC(NC(=O)c1ccccc1NC(=O)C(C)(C)C)c1ccccc1. The standard InChI is InChI=1S/C20H24N2O2/c1-14(15-10-6-5-7-11-15)21-18(23)16-12-8-9-13-17(16)22-19(24)20(2,3)4/h5-14H,1-4H3,(H,21,23)(H,22,24). The molecule has 0 saturated carbocycles. The Labute approximate surface area is 143 Å². The average molecular weight is 324 g/mol. The number of carbonyl (C=O) groups is 2. The Kier molecular flexibility index (Phi) is 5.39. The highest BCUT2D eigenvalue weighted by molar-refractivity contribution is 6.04. The van der Waals surface area contributed by atoms with Crippen LogP contribution >= 0.6 is 0 Å². The van der Waals surface area contributed by atoms with Crippen LogP contribution in [-0.4, -0.2) is 11.8 Å². The lowest BCUT2D eigenvalue weighted by atomic mass is 9.95. The van der Waals surface area contributed by atoms with Gasteiger partial charge in [0, 0.05) is 5.41 Å². The summed E-state index contributed by atoms with van der Waals surface area (Å²) in [6.45, 7) is 7.44. The minimum Gasteiger partial charge on any atom is -0.345 e. The first kappa shape index (κ1) is 17.7. The molecular formula is C20H24N2O2. The van der Waals surface area contributed by atoms with Gasteiger partial charge >= 0.3 is 0 Å². The number of rotatable bonds is 4. The molecule has 0 heterocycles. The molecule has 0 aliphatic rings. The molecule has 2 aromatic rings. The van der Waals surface area contributed by atoms with Gasteiger partial charge in [-0.05, 0) is 24.6 Å². The van der Waals surface area contributed by atoms with Crippen molar-refractivity contribution in [2.45, 2.75) is 33.7 Å². The van der Waals surface area contributed by atoms with E-state index in [2.05, 4.69) is 10.6 Å². The van der Waals surface area contributed by atoms with Crippen LogP contribution in [0.3, 0.4) is 0 Å². The van der Waals surface area contributed by atoms with Gasteiger partial charge in [-0.25, -0.2) is 0 Å². The monoisotopic (exact) mass is 324 g/mol. The number of benzene rings is 2. The van der Waals surface area contributed by atoms with E-state index >= 15 is 0 Å². The van der Waals surface area contributed by atoms with Gasteiger partial charge in [0.25, 0.3) is 5.91 Å². The van der Waals surface area contributed by atoms with E-state index in [4.69, 9.17) is 0 Å². The van der Waals surface area contributed by atoms with Crippen molar-refractivity contribution in [3.63, 3.8) is 0 Å². The Bertz CT molecular complexity index is 718. The summed E-state index contributed by atoms with van der Waals surface area (Å²) < 4.78 is 0. The molecule has 2 N–H and O–H groups in total. The maximum atomic E-state index is 12.6. The summed E-state index contributed by atoms with van der Waals surface area (Å²) >= 11 is 0. The lowest BCUT2D eigenvalue weighted by Gasteiger charge is -2.20. The first-order valence-electron chi connectivity index (χ1n) is 8.05. The normalized spacial score (nSPS) is 12.3. The molecule has 0 aliphatic carbocycles. The summed E-state index contributed by atoms with van der Waals surface area (Å²) in [5.74, 6) is -0.338. The highest BCUT2D eigenvalue weighted by Crippen LogP contribution is 2.21. The van der Waals surface area contributed by atoms with Gasteiger partial charge in [-0.1, -0.05) is 63.2 Å². The molecule has 2 aromatic carbocycles. The number of anilines is 1. The van der Waals surface area contributed by atoms with Gasteiger partial charge in [-0.2, -0.15) is 0 Å². The van der Waals surface area contributed by atoms with E-state index in [1.165, 1.54) is 0 Å². The number of nitrogens with one attached hydrogen (secondary N) is 2. The molecule has 4 heteroatoms. The predicted molar refractivity (Wildman–Crippen MR) is 96.8 cm³/mol. The minimum absolute atomic E-state index is 0.120. The van der Waals surface area contributed by atoms with Crippen LogP contribution < -0.4 is 10.6 Å². The van der Waals surface area contributed by atoms with Gasteiger partial charge in [0.05, 0.1) is 17.3 Å². The lowest BCUT2D eigenvalue weighted by Crippen LogP contribution is -2.31. The average Bonchev–Trinajstić information content (AvgIpc) is 2.55. The van der Waals surface area contributed by atoms with E-state index in [-0.39, 0.29) is 17.9 Å². The number of para-hydroxylation sites is 1. The molecule has 4 nitrogen and oxygen atoms in total. The van der Waals surface area contributed by atoms with Crippen LogP contribution in [0.2, 0.25) is 0 Å². The Morgan fingerprint density at radius 1 is 0.917 bits per heavy atom. The molecule has 2 amide bonds. The van der Waals surface area contributed by atoms with Crippen molar-refractivity contribution >= 4 is 17.5 Å². The number of amides is 2. The Balaban J connectivity index is 2.17. The topological polar surface area (TPSA) is 58.2 Å². The molecule has 2 rings (SSSR count). The molecule has 0 aromatic heterocycles. The molecule has 1 unspecified atom stereocenters. The quantitative estimate of drug-likeness (QED) is 0.887. The van der Waals surface area contributed by atoms with Crippen molar-refractivity contribution in [3.8, 4) is 0 Å². The summed E-state index contributed by atoms with van der Waals surface area (Å²) in [6.07, 6.45) is 0. The van der Waals surface area contributed by atoms with Crippen LogP contribution in [0.4, 0.5) is 5.69 Å². The Morgan fingerprint density at radius 3 is 2.12 bits per heavy atom. The molecule has 126 valence electrons. The van der Waals surface area contributed by atoms with Crippen molar-refractivity contribution in [2.24, 2.45) is 5.41 Å². The van der Waals surface area contributed by atoms with Crippen LogP contribution in [0.1, 0.15) is 49.7 Å². The maximum absolute atomic E-state index is 12.6. The Morgan fingerprint density at radius 2 is 1.50 bits per heavy atom. The number of hydrogen-bond donors (Lipinski definition) is 2. The van der Waals surface area contributed by atoms with Gasteiger partial charge in [0.1, 0.15) is 0 Å².